The van der Waals surface area contributed by atoms with Crippen LogP contribution in [0.1, 0.15) is 49.4 Å². The molecule has 1 N–H and O–H groups in total. The van der Waals surface area contributed by atoms with Crippen LogP contribution in [0.25, 0.3) is 0 Å². The van der Waals surface area contributed by atoms with Crippen LogP contribution in [0, 0.1) is 26.7 Å². The van der Waals surface area contributed by atoms with Crippen LogP contribution in [0.3, 0.4) is 0 Å². The van der Waals surface area contributed by atoms with Crippen LogP contribution in [0.2, 0.25) is 0 Å². The maximum Gasteiger partial charge on any atom is 0.264 e. The zero-order valence-corrected chi connectivity index (χ0v) is 25.2. The summed E-state index contributed by atoms with van der Waals surface area (Å²) in [6.45, 7) is 11.8. The fourth-order valence-corrected chi connectivity index (χ4v) is 5.94. The number of carbonyl (C=O) groups is 2. The van der Waals surface area contributed by atoms with Gasteiger partial charge in [-0.15, -0.1) is 0 Å². The summed E-state index contributed by atoms with van der Waals surface area (Å²) in [5.41, 5.74) is 3.98. The van der Waals surface area contributed by atoms with Crippen LogP contribution >= 0.6 is 0 Å². The van der Waals surface area contributed by atoms with Gasteiger partial charge in [-0.3, -0.25) is 13.9 Å². The molecular weight excluding hydrogens is 522 g/mol. The lowest BCUT2D eigenvalue weighted by Gasteiger charge is -2.33. The van der Waals surface area contributed by atoms with Gasteiger partial charge in [0.25, 0.3) is 10.0 Å². The van der Waals surface area contributed by atoms with E-state index in [1.165, 1.54) is 21.3 Å². The number of benzene rings is 3. The third kappa shape index (κ3) is 7.72. The number of sulfonamides is 1. The maximum atomic E-state index is 14.2. The summed E-state index contributed by atoms with van der Waals surface area (Å²) in [6.07, 6.45) is 0.385. The Balaban J connectivity index is 2.07. The summed E-state index contributed by atoms with van der Waals surface area (Å²) in [7, 11) is -4.09. The normalized spacial score (nSPS) is 12.2. The molecule has 0 bridgehead atoms. The molecule has 0 aliphatic carbocycles. The molecule has 3 aromatic carbocycles. The van der Waals surface area contributed by atoms with Gasteiger partial charge in [-0.05, 0) is 68.0 Å². The summed E-state index contributed by atoms with van der Waals surface area (Å²) >= 11 is 0. The van der Waals surface area contributed by atoms with Crippen molar-refractivity contribution in [2.45, 2.75) is 65.4 Å². The molecule has 0 saturated heterocycles. The number of hydrogen-bond acceptors (Lipinski definition) is 4. The molecule has 8 heteroatoms. The van der Waals surface area contributed by atoms with Crippen molar-refractivity contribution in [1.82, 2.24) is 10.2 Å². The standard InChI is InChI=1S/C32H41N3O4S/c1-7-29(32(37)33-20-23(2)3)34(21-27-17-14-24(4)15-18-27)31(36)22-35(30-19-25(5)13-16-26(30)6)40(38,39)28-11-9-8-10-12-28/h8-19,23,29H,7,20-22H2,1-6H3,(H,33,37)/t29-/m0/s1. The zero-order chi connectivity index (χ0) is 29.4. The predicted octanol–water partition coefficient (Wildman–Crippen LogP) is 5.39. The Kier molecular flexibility index (Phi) is 10.5. The van der Waals surface area contributed by atoms with Gasteiger partial charge in [0.05, 0.1) is 10.6 Å². The maximum absolute atomic E-state index is 14.2. The van der Waals surface area contributed by atoms with Gasteiger partial charge >= 0.3 is 0 Å². The molecule has 1 atom stereocenters. The highest BCUT2D eigenvalue weighted by atomic mass is 32.2. The minimum Gasteiger partial charge on any atom is -0.354 e. The van der Waals surface area contributed by atoms with Crippen molar-refractivity contribution >= 4 is 27.5 Å². The van der Waals surface area contributed by atoms with Gasteiger partial charge in [0, 0.05) is 13.1 Å². The molecule has 3 aromatic rings. The first-order chi connectivity index (χ1) is 18.9. The van der Waals surface area contributed by atoms with E-state index in [1.807, 2.05) is 77.9 Å². The highest BCUT2D eigenvalue weighted by Crippen LogP contribution is 2.28. The SMILES string of the molecule is CC[C@@H](C(=O)NCC(C)C)N(Cc1ccc(C)cc1)C(=O)CN(c1cc(C)ccc1C)S(=O)(=O)c1ccccc1. The summed E-state index contributed by atoms with van der Waals surface area (Å²) in [5.74, 6) is -0.452. The first kappa shape index (κ1) is 30.9. The number of nitrogens with one attached hydrogen (secondary N) is 1. The predicted molar refractivity (Wildman–Crippen MR) is 161 cm³/mol. The molecule has 7 nitrogen and oxygen atoms in total. The summed E-state index contributed by atoms with van der Waals surface area (Å²) in [5, 5.41) is 2.96. The first-order valence-electron chi connectivity index (χ1n) is 13.7. The van der Waals surface area contributed by atoms with Gasteiger partial charge in [-0.2, -0.15) is 0 Å². The first-order valence-corrected chi connectivity index (χ1v) is 15.2. The van der Waals surface area contributed by atoms with E-state index in [9.17, 15) is 18.0 Å². The van der Waals surface area contributed by atoms with Crippen molar-refractivity contribution in [3.05, 3.63) is 95.1 Å². The van der Waals surface area contributed by atoms with Crippen LogP contribution in [-0.2, 0) is 26.2 Å². The van der Waals surface area contributed by atoms with Crippen molar-refractivity contribution in [3.63, 3.8) is 0 Å². The van der Waals surface area contributed by atoms with Gasteiger partial charge in [0.1, 0.15) is 12.6 Å². The van der Waals surface area contributed by atoms with Crippen molar-refractivity contribution < 1.29 is 18.0 Å². The minimum atomic E-state index is -4.09. The van der Waals surface area contributed by atoms with Crippen LogP contribution in [0.15, 0.2) is 77.7 Å². The highest BCUT2D eigenvalue weighted by molar-refractivity contribution is 7.92. The number of carbonyl (C=O) groups excluding carboxylic acids is 2. The molecule has 214 valence electrons. The molecular formula is C32H41N3O4S. The van der Waals surface area contributed by atoms with Gasteiger partial charge in [-0.25, -0.2) is 8.42 Å². The molecule has 0 aliphatic rings. The van der Waals surface area contributed by atoms with E-state index in [1.54, 1.807) is 24.3 Å². The molecule has 0 aliphatic heterocycles. The van der Waals surface area contributed by atoms with Gasteiger partial charge in [0.2, 0.25) is 11.8 Å². The van der Waals surface area contributed by atoms with Crippen molar-refractivity contribution in [1.29, 1.82) is 0 Å². The molecule has 2 amide bonds. The van der Waals surface area contributed by atoms with Crippen molar-refractivity contribution in [3.8, 4) is 0 Å². The molecule has 0 spiro atoms. The average molecular weight is 564 g/mol. The fraction of sp³-hybridized carbons (Fsp3) is 0.375. The minimum absolute atomic E-state index is 0.0931. The van der Waals surface area contributed by atoms with E-state index in [0.29, 0.717) is 18.7 Å². The monoisotopic (exact) mass is 563 g/mol. The highest BCUT2D eigenvalue weighted by Gasteiger charge is 2.34. The van der Waals surface area contributed by atoms with Gasteiger partial charge in [-0.1, -0.05) is 80.9 Å². The second-order valence-electron chi connectivity index (χ2n) is 10.7. The summed E-state index contributed by atoms with van der Waals surface area (Å²) in [4.78, 5) is 29.1. The Bertz CT molecular complexity index is 1400. The van der Waals surface area contributed by atoms with E-state index in [2.05, 4.69) is 5.32 Å². The largest absolute Gasteiger partial charge is 0.354 e. The number of nitrogens with zero attached hydrogens (tertiary/aromatic N) is 2. The smallest absolute Gasteiger partial charge is 0.264 e. The Hall–Kier alpha value is -3.65. The molecule has 0 unspecified atom stereocenters. The Morgan fingerprint density at radius 2 is 1.50 bits per heavy atom. The lowest BCUT2D eigenvalue weighted by atomic mass is 10.1. The van der Waals surface area contributed by atoms with Gasteiger partial charge in [0.15, 0.2) is 0 Å². The molecule has 0 heterocycles. The quantitative estimate of drug-likeness (QED) is 0.320. The number of anilines is 1. The number of rotatable bonds is 12. The zero-order valence-electron chi connectivity index (χ0n) is 24.3. The summed E-state index contributed by atoms with van der Waals surface area (Å²) in [6, 6.07) is 20.7. The fourth-order valence-electron chi connectivity index (χ4n) is 4.45. The van der Waals surface area contributed by atoms with E-state index < -0.39 is 28.5 Å². The molecule has 0 radical (unpaired) electrons. The lowest BCUT2D eigenvalue weighted by Crippen LogP contribution is -2.52. The van der Waals surface area contributed by atoms with E-state index in [0.717, 1.165) is 22.3 Å². The van der Waals surface area contributed by atoms with E-state index >= 15 is 0 Å². The topological polar surface area (TPSA) is 86.8 Å². The van der Waals surface area contributed by atoms with E-state index in [-0.39, 0.29) is 23.3 Å². The second kappa shape index (κ2) is 13.6. The summed E-state index contributed by atoms with van der Waals surface area (Å²) < 4.78 is 29.1. The molecule has 0 aromatic heterocycles. The average Bonchev–Trinajstić information content (AvgIpc) is 2.93. The molecule has 40 heavy (non-hydrogen) atoms. The van der Waals surface area contributed by atoms with E-state index in [4.69, 9.17) is 0 Å². The third-order valence-electron chi connectivity index (χ3n) is 6.79. The van der Waals surface area contributed by atoms with Crippen LogP contribution < -0.4 is 9.62 Å². The second-order valence-corrected chi connectivity index (χ2v) is 12.5. The Labute approximate surface area is 239 Å². The Morgan fingerprint density at radius 1 is 0.875 bits per heavy atom. The number of aryl methyl sites for hydroxylation is 3. The molecule has 0 saturated carbocycles. The molecule has 0 fully saturated rings. The lowest BCUT2D eigenvalue weighted by molar-refractivity contribution is -0.140. The van der Waals surface area contributed by atoms with Crippen LogP contribution in [-0.4, -0.2) is 44.3 Å². The third-order valence-corrected chi connectivity index (χ3v) is 8.56. The van der Waals surface area contributed by atoms with Crippen LogP contribution in [0.5, 0.6) is 0 Å². The molecule has 3 rings (SSSR count). The van der Waals surface area contributed by atoms with Crippen molar-refractivity contribution in [2.24, 2.45) is 5.92 Å². The van der Waals surface area contributed by atoms with Crippen molar-refractivity contribution in [2.75, 3.05) is 17.4 Å². The Morgan fingerprint density at radius 3 is 2.10 bits per heavy atom. The van der Waals surface area contributed by atoms with Crippen LogP contribution in [0.4, 0.5) is 5.69 Å². The number of hydrogen-bond donors (Lipinski definition) is 1. The number of amides is 2. The van der Waals surface area contributed by atoms with Gasteiger partial charge < -0.3 is 10.2 Å².